The van der Waals surface area contributed by atoms with Crippen LogP contribution in [0.1, 0.15) is 19.8 Å². The van der Waals surface area contributed by atoms with Crippen LogP contribution in [0.25, 0.3) is 0 Å². The number of aromatic nitrogens is 2. The van der Waals surface area contributed by atoms with Crippen LogP contribution in [0, 0.1) is 5.92 Å². The summed E-state index contributed by atoms with van der Waals surface area (Å²) in [5.41, 5.74) is 0. The van der Waals surface area contributed by atoms with E-state index in [2.05, 4.69) is 22.2 Å². The highest BCUT2D eigenvalue weighted by Crippen LogP contribution is 2.11. The van der Waals surface area contributed by atoms with Gasteiger partial charge < -0.3 is 10.1 Å². The number of anilines is 1. The van der Waals surface area contributed by atoms with Crippen LogP contribution in [0.15, 0.2) is 12.4 Å². The zero-order valence-electron chi connectivity index (χ0n) is 9.74. The molecule has 0 amide bonds. The minimum absolute atomic E-state index is 0.573. The molecule has 0 aromatic carbocycles. The zero-order valence-corrected chi connectivity index (χ0v) is 10.5. The van der Waals surface area contributed by atoms with E-state index in [0.717, 1.165) is 31.1 Å². The zero-order chi connectivity index (χ0) is 11.8. The van der Waals surface area contributed by atoms with Crippen LogP contribution in [-0.4, -0.2) is 29.5 Å². The molecular formula is C11H18ClN3O. The van der Waals surface area contributed by atoms with Crippen molar-refractivity contribution in [2.45, 2.75) is 19.8 Å². The predicted molar refractivity (Wildman–Crippen MR) is 66.2 cm³/mol. The molecule has 0 fully saturated rings. The largest absolute Gasteiger partial charge is 0.481 e. The molecule has 0 saturated heterocycles. The summed E-state index contributed by atoms with van der Waals surface area (Å²) in [6.07, 6.45) is 3.70. The van der Waals surface area contributed by atoms with Gasteiger partial charge in [-0.3, -0.25) is 0 Å². The summed E-state index contributed by atoms with van der Waals surface area (Å²) in [7, 11) is 1.59. The third-order valence-corrected chi connectivity index (χ3v) is 2.82. The molecule has 0 radical (unpaired) electrons. The lowest BCUT2D eigenvalue weighted by molar-refractivity contribution is 0.397. The van der Waals surface area contributed by atoms with E-state index in [1.807, 2.05) is 0 Å². The van der Waals surface area contributed by atoms with Crippen molar-refractivity contribution in [2.24, 2.45) is 5.92 Å². The van der Waals surface area contributed by atoms with E-state index >= 15 is 0 Å². The summed E-state index contributed by atoms with van der Waals surface area (Å²) in [6.45, 7) is 3.04. The Bertz CT molecular complexity index is 309. The molecule has 1 aromatic heterocycles. The van der Waals surface area contributed by atoms with Crippen molar-refractivity contribution in [2.75, 3.05) is 24.9 Å². The standard InChI is InChI=1S/C11H18ClN3O/c1-9(7-12)4-3-5-13-10-6-11(16-2)15-8-14-10/h6,8-9H,3-5,7H2,1-2H3,(H,13,14,15). The first-order chi connectivity index (χ1) is 7.76. The molecule has 0 aliphatic rings. The number of hydrogen-bond donors (Lipinski definition) is 1. The molecular weight excluding hydrogens is 226 g/mol. The van der Waals surface area contributed by atoms with Crippen LogP contribution in [0.5, 0.6) is 5.88 Å². The second kappa shape index (κ2) is 7.28. The molecule has 1 N–H and O–H groups in total. The molecule has 0 saturated carbocycles. The number of rotatable bonds is 7. The van der Waals surface area contributed by atoms with Crippen LogP contribution in [0.3, 0.4) is 0 Å². The van der Waals surface area contributed by atoms with Crippen molar-refractivity contribution >= 4 is 17.4 Å². The Morgan fingerprint density at radius 2 is 2.31 bits per heavy atom. The summed E-state index contributed by atoms with van der Waals surface area (Å²) < 4.78 is 5.01. The average Bonchev–Trinajstić information content (AvgIpc) is 2.34. The molecule has 0 aliphatic heterocycles. The van der Waals surface area contributed by atoms with Gasteiger partial charge in [0.2, 0.25) is 5.88 Å². The third-order valence-electron chi connectivity index (χ3n) is 2.29. The van der Waals surface area contributed by atoms with E-state index in [0.29, 0.717) is 11.8 Å². The van der Waals surface area contributed by atoms with Crippen LogP contribution in [0.2, 0.25) is 0 Å². The summed E-state index contributed by atoms with van der Waals surface area (Å²) in [6, 6.07) is 1.78. The Kier molecular flexibility index (Phi) is 5.93. The fraction of sp³-hybridized carbons (Fsp3) is 0.636. The molecule has 90 valence electrons. The summed E-state index contributed by atoms with van der Waals surface area (Å²) >= 11 is 5.73. The van der Waals surface area contributed by atoms with Crippen LogP contribution in [-0.2, 0) is 0 Å². The van der Waals surface area contributed by atoms with E-state index in [4.69, 9.17) is 16.3 Å². The number of hydrogen-bond acceptors (Lipinski definition) is 4. The van der Waals surface area contributed by atoms with Gasteiger partial charge in [0.15, 0.2) is 0 Å². The second-order valence-corrected chi connectivity index (χ2v) is 4.08. The fourth-order valence-corrected chi connectivity index (χ4v) is 1.45. The van der Waals surface area contributed by atoms with Crippen LogP contribution >= 0.6 is 11.6 Å². The van der Waals surface area contributed by atoms with Gasteiger partial charge in [-0.15, -0.1) is 11.6 Å². The highest BCUT2D eigenvalue weighted by atomic mass is 35.5. The number of halogens is 1. The third kappa shape index (κ3) is 4.66. The Balaban J connectivity index is 2.26. The van der Waals surface area contributed by atoms with E-state index in [9.17, 15) is 0 Å². The minimum Gasteiger partial charge on any atom is -0.481 e. The SMILES string of the molecule is COc1cc(NCCCC(C)CCl)ncn1. The van der Waals surface area contributed by atoms with Gasteiger partial charge in [-0.2, -0.15) is 0 Å². The molecule has 0 aliphatic carbocycles. The van der Waals surface area contributed by atoms with Gasteiger partial charge in [0.05, 0.1) is 7.11 Å². The second-order valence-electron chi connectivity index (χ2n) is 3.77. The number of ether oxygens (including phenoxy) is 1. The molecule has 1 unspecified atom stereocenters. The van der Waals surface area contributed by atoms with Gasteiger partial charge in [0.25, 0.3) is 0 Å². The van der Waals surface area contributed by atoms with Crippen molar-refractivity contribution in [1.29, 1.82) is 0 Å². The van der Waals surface area contributed by atoms with Gasteiger partial charge in [-0.1, -0.05) is 6.92 Å². The molecule has 1 atom stereocenters. The molecule has 1 aromatic rings. The topological polar surface area (TPSA) is 47.0 Å². The molecule has 1 rings (SSSR count). The summed E-state index contributed by atoms with van der Waals surface area (Å²) in [5.74, 6) is 2.67. The molecule has 0 bridgehead atoms. The Morgan fingerprint density at radius 3 is 3.00 bits per heavy atom. The first-order valence-electron chi connectivity index (χ1n) is 5.42. The molecule has 4 nitrogen and oxygen atoms in total. The van der Waals surface area contributed by atoms with E-state index < -0.39 is 0 Å². The van der Waals surface area contributed by atoms with Gasteiger partial charge in [0, 0.05) is 18.5 Å². The minimum atomic E-state index is 0.573. The summed E-state index contributed by atoms with van der Waals surface area (Å²) in [4.78, 5) is 8.03. The lowest BCUT2D eigenvalue weighted by atomic mass is 10.1. The predicted octanol–water partition coefficient (Wildman–Crippen LogP) is 2.55. The fourth-order valence-electron chi connectivity index (χ4n) is 1.29. The first-order valence-corrected chi connectivity index (χ1v) is 5.95. The molecule has 5 heteroatoms. The Morgan fingerprint density at radius 1 is 1.50 bits per heavy atom. The van der Waals surface area contributed by atoms with Gasteiger partial charge >= 0.3 is 0 Å². The van der Waals surface area contributed by atoms with Crippen molar-refractivity contribution in [3.8, 4) is 5.88 Å². The maximum absolute atomic E-state index is 5.73. The average molecular weight is 244 g/mol. The maximum Gasteiger partial charge on any atom is 0.218 e. The van der Waals surface area contributed by atoms with Crippen LogP contribution in [0.4, 0.5) is 5.82 Å². The highest BCUT2D eigenvalue weighted by Gasteiger charge is 2.00. The molecule has 0 spiro atoms. The monoisotopic (exact) mass is 243 g/mol. The van der Waals surface area contributed by atoms with E-state index in [1.165, 1.54) is 6.33 Å². The van der Waals surface area contributed by atoms with Crippen molar-refractivity contribution in [1.82, 2.24) is 9.97 Å². The van der Waals surface area contributed by atoms with E-state index in [-0.39, 0.29) is 0 Å². The van der Waals surface area contributed by atoms with Gasteiger partial charge in [0.1, 0.15) is 12.1 Å². The number of methoxy groups -OCH3 is 1. The Hall–Kier alpha value is -1.03. The maximum atomic E-state index is 5.73. The normalized spacial score (nSPS) is 12.2. The smallest absolute Gasteiger partial charge is 0.218 e. The van der Waals surface area contributed by atoms with Gasteiger partial charge in [-0.25, -0.2) is 9.97 Å². The van der Waals surface area contributed by atoms with E-state index in [1.54, 1.807) is 13.2 Å². The number of nitrogens with one attached hydrogen (secondary N) is 1. The van der Waals surface area contributed by atoms with Crippen LogP contribution < -0.4 is 10.1 Å². The lowest BCUT2D eigenvalue weighted by Crippen LogP contribution is -2.06. The van der Waals surface area contributed by atoms with Crippen molar-refractivity contribution in [3.05, 3.63) is 12.4 Å². The van der Waals surface area contributed by atoms with Gasteiger partial charge in [-0.05, 0) is 18.8 Å². The molecule has 16 heavy (non-hydrogen) atoms. The summed E-state index contributed by atoms with van der Waals surface area (Å²) in [5, 5.41) is 3.22. The van der Waals surface area contributed by atoms with Crippen molar-refractivity contribution in [3.63, 3.8) is 0 Å². The molecule has 1 heterocycles. The highest BCUT2D eigenvalue weighted by molar-refractivity contribution is 6.18. The quantitative estimate of drug-likeness (QED) is 0.591. The van der Waals surface area contributed by atoms with Crippen molar-refractivity contribution < 1.29 is 4.74 Å². The first kappa shape index (κ1) is 13.0. The number of nitrogens with zero attached hydrogens (tertiary/aromatic N) is 2. The lowest BCUT2D eigenvalue weighted by Gasteiger charge is -2.08. The number of alkyl halides is 1. The Labute approximate surface area is 101 Å².